The molecule has 0 aromatic heterocycles. The number of nitrogens with zero attached hydrogens (tertiary/aromatic N) is 2. The molecular weight excluding hydrogens is 486 g/mol. The van der Waals surface area contributed by atoms with Crippen LogP contribution >= 0.6 is 11.6 Å². The van der Waals surface area contributed by atoms with Gasteiger partial charge in [-0.3, -0.25) is 4.79 Å². The maximum atomic E-state index is 12.7. The molecule has 1 N–H and O–H groups in total. The molecule has 2 aromatic carbocycles. The van der Waals surface area contributed by atoms with E-state index in [0.717, 1.165) is 29.8 Å². The predicted octanol–water partition coefficient (Wildman–Crippen LogP) is 2.59. The van der Waals surface area contributed by atoms with Crippen molar-refractivity contribution in [3.05, 3.63) is 64.7 Å². The molecule has 180 valence electrons. The van der Waals surface area contributed by atoms with E-state index in [-0.39, 0.29) is 24.5 Å². The standard InChI is InChI=1S/C22H28ClN3O5S2/c1-32(28,29)26(16-19-5-9-20(23)10-6-19)17-22(27)24-15-18-7-11-21(12-8-18)33(30,31)25-13-3-2-4-14-25/h5-12H,2-4,13-17H2,1H3,(H,24,27). The van der Waals surface area contributed by atoms with Gasteiger partial charge in [-0.05, 0) is 48.2 Å². The van der Waals surface area contributed by atoms with Crippen molar-refractivity contribution in [1.82, 2.24) is 13.9 Å². The van der Waals surface area contributed by atoms with Crippen LogP contribution in [0.25, 0.3) is 0 Å². The van der Waals surface area contributed by atoms with Crippen LogP contribution in [0.2, 0.25) is 5.02 Å². The van der Waals surface area contributed by atoms with Gasteiger partial charge in [0.05, 0.1) is 17.7 Å². The normalized spacial score (nSPS) is 15.5. The second-order valence-electron chi connectivity index (χ2n) is 8.04. The highest BCUT2D eigenvalue weighted by Gasteiger charge is 2.25. The Morgan fingerprint density at radius 2 is 1.52 bits per heavy atom. The lowest BCUT2D eigenvalue weighted by atomic mass is 10.2. The summed E-state index contributed by atoms with van der Waals surface area (Å²) >= 11 is 5.86. The van der Waals surface area contributed by atoms with Gasteiger partial charge in [0.1, 0.15) is 0 Å². The molecule has 8 nitrogen and oxygen atoms in total. The van der Waals surface area contributed by atoms with E-state index in [9.17, 15) is 21.6 Å². The maximum absolute atomic E-state index is 12.7. The van der Waals surface area contributed by atoms with Crippen LogP contribution in [0.3, 0.4) is 0 Å². The Morgan fingerprint density at radius 3 is 2.09 bits per heavy atom. The van der Waals surface area contributed by atoms with Gasteiger partial charge < -0.3 is 5.32 Å². The van der Waals surface area contributed by atoms with Crippen molar-refractivity contribution in [1.29, 1.82) is 0 Å². The van der Waals surface area contributed by atoms with E-state index < -0.39 is 26.0 Å². The first kappa shape index (κ1) is 25.6. The highest BCUT2D eigenvalue weighted by Crippen LogP contribution is 2.21. The first-order valence-corrected chi connectivity index (χ1v) is 14.3. The lowest BCUT2D eigenvalue weighted by molar-refractivity contribution is -0.121. The molecule has 0 radical (unpaired) electrons. The summed E-state index contributed by atoms with van der Waals surface area (Å²) in [5.41, 5.74) is 1.42. The van der Waals surface area contributed by atoms with E-state index in [1.165, 1.54) is 16.4 Å². The number of sulfonamides is 2. The molecule has 33 heavy (non-hydrogen) atoms. The fourth-order valence-corrected chi connectivity index (χ4v) is 5.91. The van der Waals surface area contributed by atoms with Crippen molar-refractivity contribution >= 4 is 37.6 Å². The topological polar surface area (TPSA) is 104 Å². The molecule has 0 unspecified atom stereocenters. The average molecular weight is 514 g/mol. The Bertz CT molecular complexity index is 1160. The summed E-state index contributed by atoms with van der Waals surface area (Å²) in [4.78, 5) is 12.6. The van der Waals surface area contributed by atoms with Crippen LogP contribution in [0, 0.1) is 0 Å². The van der Waals surface area contributed by atoms with Gasteiger partial charge in [-0.1, -0.05) is 42.3 Å². The number of nitrogens with one attached hydrogen (secondary N) is 1. The van der Waals surface area contributed by atoms with Gasteiger partial charge in [-0.25, -0.2) is 16.8 Å². The predicted molar refractivity (Wildman–Crippen MR) is 128 cm³/mol. The van der Waals surface area contributed by atoms with Crippen molar-refractivity contribution in [2.24, 2.45) is 0 Å². The van der Waals surface area contributed by atoms with Crippen molar-refractivity contribution in [2.75, 3.05) is 25.9 Å². The number of halogens is 1. The Morgan fingerprint density at radius 1 is 0.939 bits per heavy atom. The number of hydrogen-bond acceptors (Lipinski definition) is 5. The Labute approximate surface area is 200 Å². The van der Waals surface area contributed by atoms with Crippen LogP contribution in [-0.4, -0.2) is 57.2 Å². The highest BCUT2D eigenvalue weighted by atomic mass is 35.5. The minimum Gasteiger partial charge on any atom is -0.351 e. The molecule has 11 heteroatoms. The van der Waals surface area contributed by atoms with Crippen molar-refractivity contribution < 1.29 is 21.6 Å². The van der Waals surface area contributed by atoms with E-state index >= 15 is 0 Å². The molecule has 1 amide bonds. The van der Waals surface area contributed by atoms with Crippen LogP contribution in [0.5, 0.6) is 0 Å². The largest absolute Gasteiger partial charge is 0.351 e. The molecule has 0 atom stereocenters. The van der Waals surface area contributed by atoms with Gasteiger partial charge in [-0.15, -0.1) is 0 Å². The van der Waals surface area contributed by atoms with Crippen LogP contribution < -0.4 is 5.32 Å². The SMILES string of the molecule is CS(=O)(=O)N(CC(=O)NCc1ccc(S(=O)(=O)N2CCCCC2)cc1)Cc1ccc(Cl)cc1. The quantitative estimate of drug-likeness (QED) is 0.555. The van der Waals surface area contributed by atoms with Crippen LogP contribution in [-0.2, 0) is 37.9 Å². The van der Waals surface area contributed by atoms with E-state index in [1.807, 2.05) is 0 Å². The Balaban J connectivity index is 1.58. The summed E-state index contributed by atoms with van der Waals surface area (Å²) in [5, 5.41) is 3.23. The van der Waals surface area contributed by atoms with Crippen LogP contribution in [0.4, 0.5) is 0 Å². The third-order valence-electron chi connectivity index (χ3n) is 5.43. The monoisotopic (exact) mass is 513 g/mol. The fraction of sp³-hybridized carbons (Fsp3) is 0.409. The lowest BCUT2D eigenvalue weighted by Gasteiger charge is -2.25. The molecule has 1 saturated heterocycles. The lowest BCUT2D eigenvalue weighted by Crippen LogP contribution is -2.39. The molecule has 1 aliphatic heterocycles. The number of carbonyl (C=O) groups is 1. The van der Waals surface area contributed by atoms with Crippen molar-refractivity contribution in [3.8, 4) is 0 Å². The molecule has 2 aromatic rings. The first-order valence-electron chi connectivity index (χ1n) is 10.6. The molecule has 0 aliphatic carbocycles. The fourth-order valence-electron chi connectivity index (χ4n) is 3.53. The van der Waals surface area contributed by atoms with E-state index in [4.69, 9.17) is 11.6 Å². The van der Waals surface area contributed by atoms with Gasteiger partial charge in [-0.2, -0.15) is 8.61 Å². The highest BCUT2D eigenvalue weighted by molar-refractivity contribution is 7.89. The van der Waals surface area contributed by atoms with Gasteiger partial charge >= 0.3 is 0 Å². The molecule has 1 aliphatic rings. The smallest absolute Gasteiger partial charge is 0.243 e. The molecule has 1 heterocycles. The Kier molecular flexibility index (Phi) is 8.52. The van der Waals surface area contributed by atoms with Gasteiger partial charge in [0.2, 0.25) is 26.0 Å². The molecule has 0 saturated carbocycles. The van der Waals surface area contributed by atoms with Crippen molar-refractivity contribution in [3.63, 3.8) is 0 Å². The second kappa shape index (κ2) is 11.0. The number of carbonyl (C=O) groups excluding carboxylic acids is 1. The average Bonchev–Trinajstić information content (AvgIpc) is 2.79. The zero-order valence-electron chi connectivity index (χ0n) is 18.4. The summed E-state index contributed by atoms with van der Waals surface area (Å²) in [5.74, 6) is -0.459. The zero-order chi connectivity index (χ0) is 24.1. The number of amides is 1. The molecule has 1 fully saturated rings. The minimum absolute atomic E-state index is 0.0481. The summed E-state index contributed by atoms with van der Waals surface area (Å²) in [6, 6.07) is 13.1. The third kappa shape index (κ3) is 7.25. The summed E-state index contributed by atoms with van der Waals surface area (Å²) < 4.78 is 52.3. The third-order valence-corrected chi connectivity index (χ3v) is 8.79. The second-order valence-corrected chi connectivity index (χ2v) is 12.4. The minimum atomic E-state index is -3.62. The maximum Gasteiger partial charge on any atom is 0.243 e. The summed E-state index contributed by atoms with van der Waals surface area (Å²) in [6.07, 6.45) is 3.83. The van der Waals surface area contributed by atoms with E-state index in [2.05, 4.69) is 5.32 Å². The zero-order valence-corrected chi connectivity index (χ0v) is 20.8. The number of piperidine rings is 1. The van der Waals surface area contributed by atoms with Crippen LogP contribution in [0.1, 0.15) is 30.4 Å². The molecule has 0 bridgehead atoms. The number of rotatable bonds is 9. The molecule has 3 rings (SSSR count). The molecular formula is C22H28ClN3O5S2. The van der Waals surface area contributed by atoms with Gasteiger partial charge in [0, 0.05) is 31.2 Å². The summed E-state index contributed by atoms with van der Waals surface area (Å²) in [7, 11) is -7.13. The number of benzene rings is 2. The van der Waals surface area contributed by atoms with E-state index in [0.29, 0.717) is 29.2 Å². The number of hydrogen-bond donors (Lipinski definition) is 1. The molecule has 0 spiro atoms. The van der Waals surface area contributed by atoms with Gasteiger partial charge in [0.15, 0.2) is 0 Å². The van der Waals surface area contributed by atoms with Crippen LogP contribution in [0.15, 0.2) is 53.4 Å². The first-order chi connectivity index (χ1) is 15.6. The van der Waals surface area contributed by atoms with E-state index in [1.54, 1.807) is 36.4 Å². The van der Waals surface area contributed by atoms with Gasteiger partial charge in [0.25, 0.3) is 0 Å². The van der Waals surface area contributed by atoms with Crippen molar-refractivity contribution in [2.45, 2.75) is 37.2 Å². The Hall–Kier alpha value is -1.98. The summed E-state index contributed by atoms with van der Waals surface area (Å²) in [6.45, 7) is 0.941.